The Kier molecular flexibility index (Phi) is 1.74. The fraction of sp³-hybridized carbons (Fsp3) is 0.200. The smallest absolute Gasteiger partial charge is 0.234 e. The molecule has 0 saturated carbocycles. The predicted molar refractivity (Wildman–Crippen MR) is 50.2 cm³/mol. The van der Waals surface area contributed by atoms with Gasteiger partial charge < -0.3 is 0 Å². The van der Waals surface area contributed by atoms with E-state index in [2.05, 4.69) is 4.99 Å². The maximum absolute atomic E-state index is 11.5. The molecule has 3 heteroatoms. The zero-order valence-corrected chi connectivity index (χ0v) is 7.66. The first-order valence-corrected chi connectivity index (χ1v) is 4.22. The second kappa shape index (κ2) is 2.78. The number of hydrogen-bond donors (Lipinski definition) is 1. The Balaban J connectivity index is 2.63. The average Bonchev–Trinajstić information content (AvgIpc) is 2.06. The minimum atomic E-state index is 0.0613. The van der Waals surface area contributed by atoms with Crippen molar-refractivity contribution in [2.24, 2.45) is 4.99 Å². The second-order valence-corrected chi connectivity index (χ2v) is 3.28. The van der Waals surface area contributed by atoms with Gasteiger partial charge in [-0.3, -0.25) is 0 Å². The number of nitrogens with zero attached hydrogens (tertiary/aromatic N) is 1. The van der Waals surface area contributed by atoms with Gasteiger partial charge in [0.1, 0.15) is 5.56 Å². The summed E-state index contributed by atoms with van der Waals surface area (Å²) in [6, 6.07) is 5.73. The van der Waals surface area contributed by atoms with Gasteiger partial charge in [-0.1, -0.05) is 11.6 Å². The van der Waals surface area contributed by atoms with E-state index in [9.17, 15) is 4.79 Å². The number of amides is 1. The van der Waals surface area contributed by atoms with Gasteiger partial charge in [0.2, 0.25) is 5.84 Å². The number of primary amides is 1. The van der Waals surface area contributed by atoms with Crippen LogP contribution in [0.25, 0.3) is 0 Å². The van der Waals surface area contributed by atoms with E-state index in [-0.39, 0.29) is 5.91 Å². The van der Waals surface area contributed by atoms with Crippen molar-refractivity contribution in [1.82, 2.24) is 0 Å². The van der Waals surface area contributed by atoms with Gasteiger partial charge in [-0.05, 0) is 19.1 Å². The molecule has 13 heavy (non-hydrogen) atoms. The van der Waals surface area contributed by atoms with Crippen LogP contribution in [0.2, 0.25) is 0 Å². The van der Waals surface area contributed by atoms with E-state index in [1.54, 1.807) is 5.32 Å². The van der Waals surface area contributed by atoms with Crippen LogP contribution in [-0.2, 0) is 0 Å². The van der Waals surface area contributed by atoms with E-state index in [1.807, 2.05) is 32.0 Å². The molecular formula is C10H11N2O+. The van der Waals surface area contributed by atoms with E-state index in [4.69, 9.17) is 0 Å². The Morgan fingerprint density at radius 1 is 1.31 bits per heavy atom. The first-order valence-electron chi connectivity index (χ1n) is 4.22. The molecule has 0 aliphatic carbocycles. The molecule has 3 nitrogen and oxygen atoms in total. The molecule has 1 aromatic rings. The molecule has 1 amide bonds. The number of carbonyl (C=O) groups excluding carboxylic acids is 1. The van der Waals surface area contributed by atoms with E-state index in [1.165, 1.54) is 0 Å². The molecule has 0 saturated heterocycles. The van der Waals surface area contributed by atoms with Crippen LogP contribution in [0.4, 0.5) is 5.69 Å². The van der Waals surface area contributed by atoms with Crippen molar-refractivity contribution in [2.45, 2.75) is 13.8 Å². The molecule has 1 aliphatic rings. The molecule has 2 rings (SSSR count). The number of rotatable bonds is 0. The van der Waals surface area contributed by atoms with Crippen LogP contribution in [0.3, 0.4) is 0 Å². The topological polar surface area (TPSA) is 46.0 Å². The zero-order valence-electron chi connectivity index (χ0n) is 7.66. The van der Waals surface area contributed by atoms with E-state index < -0.39 is 0 Å². The molecule has 1 heterocycles. The van der Waals surface area contributed by atoms with Crippen molar-refractivity contribution in [2.75, 3.05) is 0 Å². The Labute approximate surface area is 76.5 Å². The van der Waals surface area contributed by atoms with Crippen LogP contribution >= 0.6 is 0 Å². The number of aliphatic imine (C=N–C) groups is 1. The van der Waals surface area contributed by atoms with Crippen LogP contribution < -0.4 is 5.32 Å². The molecule has 0 radical (unpaired) electrons. The lowest BCUT2D eigenvalue weighted by Gasteiger charge is -2.09. The van der Waals surface area contributed by atoms with Crippen molar-refractivity contribution in [3.63, 3.8) is 0 Å². The SMILES string of the molecule is CC1=Nc2ccc(C)cc2C(=O)[NH2+]1. The molecule has 66 valence electrons. The van der Waals surface area contributed by atoms with Gasteiger partial charge in [-0.2, -0.15) is 4.99 Å². The number of quaternary nitrogens is 1. The van der Waals surface area contributed by atoms with Crippen LogP contribution in [0.15, 0.2) is 23.2 Å². The number of amidine groups is 1. The fourth-order valence-electron chi connectivity index (χ4n) is 1.43. The number of hydrogen-bond acceptors (Lipinski definition) is 2. The Morgan fingerprint density at radius 3 is 2.85 bits per heavy atom. The summed E-state index contributed by atoms with van der Waals surface area (Å²) in [5.41, 5.74) is 2.59. The quantitative estimate of drug-likeness (QED) is 0.621. The number of aryl methyl sites for hydroxylation is 1. The minimum absolute atomic E-state index is 0.0613. The summed E-state index contributed by atoms with van der Waals surface area (Å²) in [5.74, 6) is 0.840. The normalized spacial score (nSPS) is 15.2. The summed E-state index contributed by atoms with van der Waals surface area (Å²) < 4.78 is 0. The second-order valence-electron chi connectivity index (χ2n) is 3.28. The molecule has 0 fully saturated rings. The highest BCUT2D eigenvalue weighted by molar-refractivity contribution is 6.01. The summed E-state index contributed by atoms with van der Waals surface area (Å²) in [6.07, 6.45) is 0. The maximum Gasteiger partial charge on any atom is 0.350 e. The van der Waals surface area contributed by atoms with Gasteiger partial charge in [-0.15, -0.1) is 0 Å². The Hall–Kier alpha value is -1.48. The summed E-state index contributed by atoms with van der Waals surface area (Å²) in [6.45, 7) is 3.80. The Bertz CT molecular complexity index is 407. The molecule has 0 unspecified atom stereocenters. The highest BCUT2D eigenvalue weighted by Gasteiger charge is 2.21. The maximum atomic E-state index is 11.5. The van der Waals surface area contributed by atoms with Crippen molar-refractivity contribution in [3.8, 4) is 0 Å². The lowest BCUT2D eigenvalue weighted by molar-refractivity contribution is -0.432. The molecule has 0 bridgehead atoms. The lowest BCUT2D eigenvalue weighted by atomic mass is 10.1. The van der Waals surface area contributed by atoms with Crippen LogP contribution in [-0.4, -0.2) is 11.7 Å². The summed E-state index contributed by atoms with van der Waals surface area (Å²) in [5, 5.41) is 1.57. The molecule has 0 atom stereocenters. The molecule has 2 N–H and O–H groups in total. The number of nitrogens with two attached hydrogens (primary N) is 1. The number of carbonyl (C=O) groups is 1. The number of benzene rings is 1. The van der Waals surface area contributed by atoms with E-state index in [0.29, 0.717) is 5.56 Å². The highest BCUT2D eigenvalue weighted by Crippen LogP contribution is 2.21. The molecule has 0 spiro atoms. The molecule has 1 aliphatic heterocycles. The number of fused-ring (bicyclic) bond motifs is 1. The summed E-state index contributed by atoms with van der Waals surface area (Å²) in [4.78, 5) is 15.8. The zero-order chi connectivity index (χ0) is 9.42. The van der Waals surface area contributed by atoms with Crippen molar-refractivity contribution in [3.05, 3.63) is 29.3 Å². The average molecular weight is 175 g/mol. The largest absolute Gasteiger partial charge is 0.350 e. The standard InChI is InChI=1S/C10H10N2O/c1-6-3-4-9-8(5-6)10(13)12-7(2)11-9/h3-5H,1-2H3,(H,11,12,13)/p+1. The Morgan fingerprint density at radius 2 is 2.08 bits per heavy atom. The third-order valence-electron chi connectivity index (χ3n) is 2.05. The predicted octanol–water partition coefficient (Wildman–Crippen LogP) is 0.762. The van der Waals surface area contributed by atoms with Crippen LogP contribution in [0.5, 0.6) is 0 Å². The van der Waals surface area contributed by atoms with Gasteiger partial charge in [-0.25, -0.2) is 10.1 Å². The van der Waals surface area contributed by atoms with E-state index in [0.717, 1.165) is 17.1 Å². The lowest BCUT2D eigenvalue weighted by Crippen LogP contribution is -2.91. The van der Waals surface area contributed by atoms with Gasteiger partial charge in [0, 0.05) is 6.92 Å². The fourth-order valence-corrected chi connectivity index (χ4v) is 1.43. The van der Waals surface area contributed by atoms with Crippen LogP contribution in [0.1, 0.15) is 22.8 Å². The van der Waals surface area contributed by atoms with Crippen molar-refractivity contribution in [1.29, 1.82) is 0 Å². The third kappa shape index (κ3) is 1.38. The summed E-state index contributed by atoms with van der Waals surface area (Å²) >= 11 is 0. The molecule has 1 aromatic carbocycles. The van der Waals surface area contributed by atoms with Gasteiger partial charge in [0.05, 0.1) is 5.69 Å². The van der Waals surface area contributed by atoms with Crippen LogP contribution in [0, 0.1) is 6.92 Å². The highest BCUT2D eigenvalue weighted by atomic mass is 16.1. The van der Waals surface area contributed by atoms with Crippen molar-refractivity contribution >= 4 is 17.4 Å². The van der Waals surface area contributed by atoms with E-state index >= 15 is 0 Å². The van der Waals surface area contributed by atoms with Gasteiger partial charge in [0.25, 0.3) is 0 Å². The summed E-state index contributed by atoms with van der Waals surface area (Å²) in [7, 11) is 0. The first-order chi connectivity index (χ1) is 6.16. The third-order valence-corrected chi connectivity index (χ3v) is 2.05. The van der Waals surface area contributed by atoms with Crippen molar-refractivity contribution < 1.29 is 10.1 Å². The minimum Gasteiger partial charge on any atom is -0.234 e. The monoisotopic (exact) mass is 175 g/mol. The van der Waals surface area contributed by atoms with Gasteiger partial charge in [0.15, 0.2) is 0 Å². The molecule has 0 aromatic heterocycles. The first kappa shape index (κ1) is 8.13. The molecular weight excluding hydrogens is 164 g/mol. The van der Waals surface area contributed by atoms with Gasteiger partial charge >= 0.3 is 5.91 Å².